The fourth-order valence-electron chi connectivity index (χ4n) is 3.59. The Bertz CT molecular complexity index is 1090. The van der Waals surface area contributed by atoms with E-state index in [9.17, 15) is 13.2 Å². The molecule has 0 amide bonds. The van der Waals surface area contributed by atoms with Crippen LogP contribution in [0.4, 0.5) is 13.2 Å². The van der Waals surface area contributed by atoms with Gasteiger partial charge in [0.05, 0.1) is 5.69 Å². The molecule has 4 nitrogen and oxygen atoms in total. The minimum atomic E-state index is -4.77. The smallest absolute Gasteiger partial charge is 0.406 e. The maximum atomic E-state index is 12.8. The lowest BCUT2D eigenvalue weighted by Gasteiger charge is -2.16. The van der Waals surface area contributed by atoms with Gasteiger partial charge in [-0.1, -0.05) is 36.7 Å². The van der Waals surface area contributed by atoms with Gasteiger partial charge in [-0.2, -0.15) is 0 Å². The van der Waals surface area contributed by atoms with Gasteiger partial charge < -0.3 is 4.74 Å². The summed E-state index contributed by atoms with van der Waals surface area (Å²) in [6.45, 7) is 3.85. The standard InChI is InChI=1S/C21H17ClF3N3O/c1-3-13-10-17(14-4-6-15(22)7-5-14)18-11-16(29-21(23,24)25)8-9-19(18)28-12(2)26-27-20(13)28/h4-11,13H,3H2,1-2H3. The summed E-state index contributed by atoms with van der Waals surface area (Å²) >= 11 is 6.03. The summed E-state index contributed by atoms with van der Waals surface area (Å²) in [5, 5.41) is 9.09. The summed E-state index contributed by atoms with van der Waals surface area (Å²) < 4.78 is 44.5. The van der Waals surface area contributed by atoms with Gasteiger partial charge in [0.25, 0.3) is 0 Å². The van der Waals surface area contributed by atoms with Crippen molar-refractivity contribution in [2.75, 3.05) is 0 Å². The molecule has 150 valence electrons. The van der Waals surface area contributed by atoms with E-state index in [1.165, 1.54) is 12.1 Å². The number of rotatable bonds is 3. The van der Waals surface area contributed by atoms with Crippen molar-refractivity contribution in [2.45, 2.75) is 32.5 Å². The molecule has 8 heteroatoms. The number of benzene rings is 2. The normalized spacial score (nSPS) is 15.9. The fourth-order valence-corrected chi connectivity index (χ4v) is 3.71. The zero-order valence-corrected chi connectivity index (χ0v) is 16.4. The molecule has 2 heterocycles. The van der Waals surface area contributed by atoms with Gasteiger partial charge in [0.2, 0.25) is 0 Å². The lowest BCUT2D eigenvalue weighted by molar-refractivity contribution is -0.274. The van der Waals surface area contributed by atoms with E-state index in [1.54, 1.807) is 18.2 Å². The van der Waals surface area contributed by atoms with E-state index in [-0.39, 0.29) is 11.7 Å². The van der Waals surface area contributed by atoms with Crippen molar-refractivity contribution in [3.63, 3.8) is 0 Å². The van der Waals surface area contributed by atoms with Crippen molar-refractivity contribution >= 4 is 17.2 Å². The highest BCUT2D eigenvalue weighted by Gasteiger charge is 2.32. The number of nitrogens with zero attached hydrogens (tertiary/aromatic N) is 3. The van der Waals surface area contributed by atoms with Crippen molar-refractivity contribution in [3.05, 3.63) is 76.3 Å². The number of fused-ring (bicyclic) bond motifs is 3. The zero-order chi connectivity index (χ0) is 20.8. The number of allylic oxidation sites excluding steroid dienone is 1. The Balaban J connectivity index is 1.98. The van der Waals surface area contributed by atoms with Gasteiger partial charge in [-0.3, -0.25) is 4.57 Å². The van der Waals surface area contributed by atoms with Gasteiger partial charge in [-0.15, -0.1) is 23.4 Å². The summed E-state index contributed by atoms with van der Waals surface area (Å²) in [7, 11) is 0. The van der Waals surface area contributed by atoms with Crippen LogP contribution in [0.25, 0.3) is 11.3 Å². The maximum Gasteiger partial charge on any atom is 0.573 e. The molecule has 0 spiro atoms. The Morgan fingerprint density at radius 2 is 1.83 bits per heavy atom. The van der Waals surface area contributed by atoms with Crippen LogP contribution in [-0.4, -0.2) is 21.1 Å². The molecule has 2 aromatic carbocycles. The summed E-state index contributed by atoms with van der Waals surface area (Å²) in [6.07, 6.45) is -1.99. The lowest BCUT2D eigenvalue weighted by atomic mass is 9.93. The lowest BCUT2D eigenvalue weighted by Crippen LogP contribution is -2.17. The van der Waals surface area contributed by atoms with Crippen molar-refractivity contribution < 1.29 is 17.9 Å². The van der Waals surface area contributed by atoms with Crippen LogP contribution in [0.1, 0.15) is 42.0 Å². The minimum Gasteiger partial charge on any atom is -0.406 e. The Morgan fingerprint density at radius 1 is 1.10 bits per heavy atom. The second-order valence-corrected chi connectivity index (χ2v) is 7.21. The molecule has 4 rings (SSSR count). The summed E-state index contributed by atoms with van der Waals surface area (Å²) in [5.74, 6) is 1.08. The molecule has 1 aromatic heterocycles. The summed E-state index contributed by atoms with van der Waals surface area (Å²) in [5.41, 5.74) is 2.94. The Morgan fingerprint density at radius 3 is 2.48 bits per heavy atom. The van der Waals surface area contributed by atoms with Gasteiger partial charge in [0.15, 0.2) is 0 Å². The van der Waals surface area contributed by atoms with Crippen LogP contribution < -0.4 is 4.74 Å². The van der Waals surface area contributed by atoms with Crippen molar-refractivity contribution in [3.8, 4) is 11.4 Å². The number of ether oxygens (including phenoxy) is 1. The SMILES string of the molecule is CCC1C=C(c2ccc(Cl)cc2)c2cc(OC(F)(F)F)ccc2-n2c(C)nnc21. The summed E-state index contributed by atoms with van der Waals surface area (Å²) in [6, 6.07) is 11.5. The van der Waals surface area contributed by atoms with E-state index in [2.05, 4.69) is 14.9 Å². The number of hydrogen-bond donors (Lipinski definition) is 0. The molecule has 0 aliphatic carbocycles. The van der Waals surface area contributed by atoms with E-state index >= 15 is 0 Å². The largest absolute Gasteiger partial charge is 0.573 e. The van der Waals surface area contributed by atoms with Gasteiger partial charge in [-0.25, -0.2) is 0 Å². The molecule has 29 heavy (non-hydrogen) atoms. The monoisotopic (exact) mass is 419 g/mol. The molecule has 1 aliphatic heterocycles. The first-order chi connectivity index (χ1) is 13.8. The molecule has 1 atom stereocenters. The van der Waals surface area contributed by atoms with Crippen LogP contribution in [0.3, 0.4) is 0 Å². The molecule has 1 unspecified atom stereocenters. The minimum absolute atomic E-state index is 0.0544. The predicted molar refractivity (Wildman–Crippen MR) is 104 cm³/mol. The second kappa shape index (κ2) is 7.22. The molecule has 0 N–H and O–H groups in total. The first-order valence-corrected chi connectivity index (χ1v) is 9.45. The van der Waals surface area contributed by atoms with Crippen molar-refractivity contribution in [2.24, 2.45) is 0 Å². The molecule has 0 radical (unpaired) electrons. The highest BCUT2D eigenvalue weighted by molar-refractivity contribution is 6.30. The number of hydrogen-bond acceptors (Lipinski definition) is 3. The first-order valence-electron chi connectivity index (χ1n) is 9.07. The number of aromatic nitrogens is 3. The van der Waals surface area contributed by atoms with Crippen LogP contribution in [-0.2, 0) is 0 Å². The fraction of sp³-hybridized carbons (Fsp3) is 0.238. The highest BCUT2D eigenvalue weighted by Crippen LogP contribution is 2.40. The Kier molecular flexibility index (Phi) is 4.86. The topological polar surface area (TPSA) is 39.9 Å². The van der Waals surface area contributed by atoms with Crippen molar-refractivity contribution in [1.29, 1.82) is 0 Å². The van der Waals surface area contributed by atoms with Crippen LogP contribution in [0.2, 0.25) is 5.02 Å². The molecular formula is C21H17ClF3N3O. The zero-order valence-electron chi connectivity index (χ0n) is 15.7. The third-order valence-corrected chi connectivity index (χ3v) is 5.13. The number of alkyl halides is 3. The molecule has 0 saturated carbocycles. The van der Waals surface area contributed by atoms with Crippen molar-refractivity contribution in [1.82, 2.24) is 14.8 Å². The Hall–Kier alpha value is -2.80. The van der Waals surface area contributed by atoms with Crippen LogP contribution >= 0.6 is 11.6 Å². The van der Waals surface area contributed by atoms with Gasteiger partial charge in [0.1, 0.15) is 17.4 Å². The van der Waals surface area contributed by atoms with Crippen LogP contribution in [0.15, 0.2) is 48.5 Å². The van der Waals surface area contributed by atoms with E-state index in [1.807, 2.05) is 36.6 Å². The van der Waals surface area contributed by atoms with Gasteiger partial charge >= 0.3 is 6.36 Å². The van der Waals surface area contributed by atoms with Crippen LogP contribution in [0, 0.1) is 6.92 Å². The maximum absolute atomic E-state index is 12.8. The average molecular weight is 420 g/mol. The second-order valence-electron chi connectivity index (χ2n) is 6.77. The average Bonchev–Trinajstić information content (AvgIpc) is 2.97. The summed E-state index contributed by atoms with van der Waals surface area (Å²) in [4.78, 5) is 0. The van der Waals surface area contributed by atoms with E-state index in [0.717, 1.165) is 23.4 Å². The molecule has 0 fully saturated rings. The van der Waals surface area contributed by atoms with Gasteiger partial charge in [0, 0.05) is 16.5 Å². The molecule has 0 bridgehead atoms. The molecule has 0 saturated heterocycles. The Labute approximate surface area is 170 Å². The molecule has 3 aromatic rings. The molecular weight excluding hydrogens is 403 g/mol. The number of aryl methyl sites for hydroxylation is 1. The number of halogens is 4. The van der Waals surface area contributed by atoms with E-state index in [0.29, 0.717) is 22.1 Å². The third kappa shape index (κ3) is 3.74. The third-order valence-electron chi connectivity index (χ3n) is 4.88. The molecule has 1 aliphatic rings. The first kappa shape index (κ1) is 19.5. The van der Waals surface area contributed by atoms with Crippen LogP contribution in [0.5, 0.6) is 5.75 Å². The predicted octanol–water partition coefficient (Wildman–Crippen LogP) is 6.07. The highest BCUT2D eigenvalue weighted by atomic mass is 35.5. The van der Waals surface area contributed by atoms with E-state index in [4.69, 9.17) is 11.6 Å². The quantitative estimate of drug-likeness (QED) is 0.517. The van der Waals surface area contributed by atoms with E-state index < -0.39 is 6.36 Å². The van der Waals surface area contributed by atoms with Gasteiger partial charge in [-0.05, 0) is 54.8 Å².